The van der Waals surface area contributed by atoms with Gasteiger partial charge in [-0.15, -0.1) is 0 Å². The second-order valence-electron chi connectivity index (χ2n) is 4.97. The molecule has 1 aliphatic heterocycles. The number of anilines is 1. The molecule has 1 aromatic carbocycles. The Balaban J connectivity index is 1.92. The molecule has 0 spiro atoms. The van der Waals surface area contributed by atoms with Gasteiger partial charge < -0.3 is 21.0 Å². The maximum atomic E-state index is 12.0. The molecular formula is C14H19N3O3. The summed E-state index contributed by atoms with van der Waals surface area (Å²) in [6, 6.07) is 7.23. The molecule has 0 aromatic heterocycles. The molecule has 2 rings (SSSR count). The normalized spacial score (nSPS) is 22.8. The molecule has 0 aliphatic carbocycles. The lowest BCUT2D eigenvalue weighted by molar-refractivity contribution is -0.126. The molecule has 2 unspecified atom stereocenters. The fourth-order valence-corrected chi connectivity index (χ4v) is 2.17. The zero-order valence-electron chi connectivity index (χ0n) is 11.4. The summed E-state index contributed by atoms with van der Waals surface area (Å²) in [4.78, 5) is 12.0. The third-order valence-electron chi connectivity index (χ3n) is 3.26. The van der Waals surface area contributed by atoms with Gasteiger partial charge in [0, 0.05) is 12.1 Å². The lowest BCUT2D eigenvalue weighted by Crippen LogP contribution is -2.27. The molecule has 0 bridgehead atoms. The van der Waals surface area contributed by atoms with E-state index in [-0.39, 0.29) is 24.0 Å². The summed E-state index contributed by atoms with van der Waals surface area (Å²) in [5.41, 5.74) is 7.05. The molecule has 20 heavy (non-hydrogen) atoms. The number of rotatable bonds is 4. The molecule has 1 heterocycles. The van der Waals surface area contributed by atoms with Gasteiger partial charge in [-0.1, -0.05) is 17.3 Å². The van der Waals surface area contributed by atoms with E-state index in [1.54, 1.807) is 12.1 Å². The molecule has 1 aromatic rings. The van der Waals surface area contributed by atoms with Gasteiger partial charge in [0.05, 0.1) is 6.10 Å². The lowest BCUT2D eigenvalue weighted by Gasteiger charge is -2.12. The van der Waals surface area contributed by atoms with Crippen LogP contribution in [0.2, 0.25) is 0 Å². The predicted molar refractivity (Wildman–Crippen MR) is 75.8 cm³/mol. The number of nitrogens with two attached hydrogens (primary N) is 1. The van der Waals surface area contributed by atoms with Gasteiger partial charge in [-0.05, 0) is 37.5 Å². The van der Waals surface area contributed by atoms with Gasteiger partial charge in [0.2, 0.25) is 0 Å². The number of nitrogens with one attached hydrogen (secondary N) is 1. The van der Waals surface area contributed by atoms with Crippen molar-refractivity contribution in [3.63, 3.8) is 0 Å². The number of amidine groups is 1. The van der Waals surface area contributed by atoms with E-state index in [9.17, 15) is 4.79 Å². The zero-order chi connectivity index (χ0) is 14.5. The van der Waals surface area contributed by atoms with Crippen LogP contribution in [0.1, 0.15) is 25.3 Å². The fourth-order valence-electron chi connectivity index (χ4n) is 2.17. The van der Waals surface area contributed by atoms with Crippen molar-refractivity contribution in [3.8, 4) is 0 Å². The average Bonchev–Trinajstić information content (AvgIpc) is 2.87. The monoisotopic (exact) mass is 277 g/mol. The van der Waals surface area contributed by atoms with Crippen LogP contribution in [0, 0.1) is 0 Å². The second-order valence-corrected chi connectivity index (χ2v) is 4.97. The molecule has 1 aliphatic rings. The van der Waals surface area contributed by atoms with Crippen LogP contribution in [-0.4, -0.2) is 29.2 Å². The molecule has 1 fully saturated rings. The molecule has 6 heteroatoms. The zero-order valence-corrected chi connectivity index (χ0v) is 11.4. The first-order chi connectivity index (χ1) is 9.58. The van der Waals surface area contributed by atoms with Crippen LogP contribution in [0.15, 0.2) is 29.4 Å². The standard InChI is InChI=1S/C14H19N3O3/c1-9-2-7-12(20-9)14(18)16-11-5-3-10(4-6-11)8-13(15)17-19/h3-6,9,12,19H,2,7-8H2,1H3,(H2,15,17)(H,16,18). The van der Waals surface area contributed by atoms with Gasteiger partial charge in [-0.2, -0.15) is 0 Å². The molecule has 6 nitrogen and oxygen atoms in total. The van der Waals surface area contributed by atoms with Crippen molar-refractivity contribution in [3.05, 3.63) is 29.8 Å². The van der Waals surface area contributed by atoms with Crippen molar-refractivity contribution in [2.75, 3.05) is 5.32 Å². The molecule has 108 valence electrons. The minimum atomic E-state index is -0.359. The first kappa shape index (κ1) is 14.3. The molecule has 2 atom stereocenters. The quantitative estimate of drug-likeness (QED) is 0.336. The number of amides is 1. The van der Waals surface area contributed by atoms with E-state index >= 15 is 0 Å². The predicted octanol–water partition coefficient (Wildman–Crippen LogP) is 1.48. The topological polar surface area (TPSA) is 96.9 Å². The summed E-state index contributed by atoms with van der Waals surface area (Å²) in [6.45, 7) is 1.97. The Hall–Kier alpha value is -2.08. The molecule has 4 N–H and O–H groups in total. The highest BCUT2D eigenvalue weighted by Gasteiger charge is 2.27. The van der Waals surface area contributed by atoms with Crippen molar-refractivity contribution < 1.29 is 14.7 Å². The number of hydrogen-bond donors (Lipinski definition) is 3. The summed E-state index contributed by atoms with van der Waals surface area (Å²) in [7, 11) is 0. The van der Waals surface area contributed by atoms with E-state index in [1.807, 2.05) is 19.1 Å². The Bertz CT molecular complexity index is 499. The van der Waals surface area contributed by atoms with Gasteiger partial charge in [-0.3, -0.25) is 4.79 Å². The molecular weight excluding hydrogens is 258 g/mol. The smallest absolute Gasteiger partial charge is 0.253 e. The van der Waals surface area contributed by atoms with E-state index in [0.29, 0.717) is 12.1 Å². The highest BCUT2D eigenvalue weighted by Crippen LogP contribution is 2.20. The number of benzene rings is 1. The summed E-state index contributed by atoms with van der Waals surface area (Å²) in [5, 5.41) is 14.3. The SMILES string of the molecule is CC1CCC(C(=O)Nc2ccc(C/C(N)=N/O)cc2)O1. The van der Waals surface area contributed by atoms with E-state index in [0.717, 1.165) is 18.4 Å². The highest BCUT2D eigenvalue weighted by molar-refractivity contribution is 5.94. The van der Waals surface area contributed by atoms with Gasteiger partial charge in [0.25, 0.3) is 5.91 Å². The van der Waals surface area contributed by atoms with Gasteiger partial charge in [-0.25, -0.2) is 0 Å². The number of nitrogens with zero attached hydrogens (tertiary/aromatic N) is 1. The summed E-state index contributed by atoms with van der Waals surface area (Å²) < 4.78 is 5.51. The molecule has 1 saturated heterocycles. The lowest BCUT2D eigenvalue weighted by atomic mass is 10.1. The number of carbonyl (C=O) groups excluding carboxylic acids is 1. The van der Waals surface area contributed by atoms with Gasteiger partial charge >= 0.3 is 0 Å². The maximum absolute atomic E-state index is 12.0. The second kappa shape index (κ2) is 6.38. The Kier molecular flexibility index (Phi) is 4.57. The minimum absolute atomic E-state index is 0.112. The van der Waals surface area contributed by atoms with Crippen LogP contribution < -0.4 is 11.1 Å². The largest absolute Gasteiger partial charge is 0.409 e. The van der Waals surface area contributed by atoms with Crippen LogP contribution in [0.5, 0.6) is 0 Å². The summed E-state index contributed by atoms with van der Waals surface area (Å²) >= 11 is 0. The van der Waals surface area contributed by atoms with E-state index < -0.39 is 0 Å². The van der Waals surface area contributed by atoms with Crippen LogP contribution in [0.3, 0.4) is 0 Å². The molecule has 0 saturated carbocycles. The first-order valence-corrected chi connectivity index (χ1v) is 6.60. The summed E-state index contributed by atoms with van der Waals surface area (Å²) in [5.74, 6) is 0.0358. The molecule has 1 amide bonds. The van der Waals surface area contributed by atoms with E-state index in [2.05, 4.69) is 10.5 Å². The Morgan fingerprint density at radius 1 is 1.45 bits per heavy atom. The van der Waals surface area contributed by atoms with Crippen LogP contribution >= 0.6 is 0 Å². The first-order valence-electron chi connectivity index (χ1n) is 6.60. The van der Waals surface area contributed by atoms with E-state index in [4.69, 9.17) is 15.7 Å². The Labute approximate surface area is 117 Å². The maximum Gasteiger partial charge on any atom is 0.253 e. The number of carbonyl (C=O) groups is 1. The average molecular weight is 277 g/mol. The summed E-state index contributed by atoms with van der Waals surface area (Å²) in [6.07, 6.45) is 1.83. The minimum Gasteiger partial charge on any atom is -0.409 e. The van der Waals surface area contributed by atoms with E-state index in [1.165, 1.54) is 0 Å². The number of oxime groups is 1. The molecule has 0 radical (unpaired) electrons. The van der Waals surface area contributed by atoms with Crippen molar-refractivity contribution in [2.24, 2.45) is 10.9 Å². The third-order valence-corrected chi connectivity index (χ3v) is 3.26. The Morgan fingerprint density at radius 2 is 2.15 bits per heavy atom. The fraction of sp³-hybridized carbons (Fsp3) is 0.429. The van der Waals surface area contributed by atoms with Crippen LogP contribution in [0.25, 0.3) is 0 Å². The van der Waals surface area contributed by atoms with Crippen molar-refractivity contribution in [1.82, 2.24) is 0 Å². The van der Waals surface area contributed by atoms with Crippen LogP contribution in [-0.2, 0) is 16.0 Å². The highest BCUT2D eigenvalue weighted by atomic mass is 16.5. The van der Waals surface area contributed by atoms with Crippen LogP contribution in [0.4, 0.5) is 5.69 Å². The third kappa shape index (κ3) is 3.71. The van der Waals surface area contributed by atoms with Crippen molar-refractivity contribution in [2.45, 2.75) is 38.4 Å². The van der Waals surface area contributed by atoms with Gasteiger partial charge in [0.1, 0.15) is 11.9 Å². The Morgan fingerprint density at radius 3 is 2.70 bits per heavy atom. The number of ether oxygens (including phenoxy) is 1. The van der Waals surface area contributed by atoms with Gasteiger partial charge in [0.15, 0.2) is 0 Å². The van der Waals surface area contributed by atoms with Crippen molar-refractivity contribution >= 4 is 17.4 Å². The van der Waals surface area contributed by atoms with Crippen molar-refractivity contribution in [1.29, 1.82) is 0 Å². The number of hydrogen-bond acceptors (Lipinski definition) is 4.